The van der Waals surface area contributed by atoms with Crippen LogP contribution in [0.4, 0.5) is 0 Å². The van der Waals surface area contributed by atoms with E-state index in [4.69, 9.17) is 4.74 Å². The van der Waals surface area contributed by atoms with Crippen molar-refractivity contribution in [1.29, 1.82) is 0 Å². The second-order valence-electron chi connectivity index (χ2n) is 6.22. The molecule has 1 aromatic carbocycles. The first-order chi connectivity index (χ1) is 10.5. The van der Waals surface area contributed by atoms with Crippen molar-refractivity contribution >= 4 is 11.8 Å². The van der Waals surface area contributed by atoms with Gasteiger partial charge in [0.25, 0.3) is 0 Å². The Morgan fingerprint density at radius 2 is 1.95 bits per heavy atom. The van der Waals surface area contributed by atoms with Crippen LogP contribution in [0.2, 0.25) is 0 Å². The standard InChI is InChI=1S/C18H25NO3/c1-4-6-17(21)22-16-8-5-7-14(13-16)18(19(2)3)11-9-15(20)10-12-18/h5,7-8,13H,4,6,9-12H2,1-3H3. The molecule has 1 saturated carbocycles. The zero-order valence-electron chi connectivity index (χ0n) is 13.7. The fraction of sp³-hybridized carbons (Fsp3) is 0.556. The zero-order chi connectivity index (χ0) is 16.2. The van der Waals surface area contributed by atoms with Crippen LogP contribution >= 0.6 is 0 Å². The lowest BCUT2D eigenvalue weighted by Gasteiger charge is -2.43. The first-order valence-corrected chi connectivity index (χ1v) is 7.98. The summed E-state index contributed by atoms with van der Waals surface area (Å²) in [7, 11) is 4.09. The SMILES string of the molecule is CCCC(=O)Oc1cccc(C2(N(C)C)CCC(=O)CC2)c1. The number of hydrogen-bond acceptors (Lipinski definition) is 4. The molecule has 0 aromatic heterocycles. The lowest BCUT2D eigenvalue weighted by molar-refractivity contribution is -0.134. The van der Waals surface area contributed by atoms with Crippen molar-refractivity contribution in [1.82, 2.24) is 4.90 Å². The van der Waals surface area contributed by atoms with E-state index in [9.17, 15) is 9.59 Å². The maximum absolute atomic E-state index is 11.7. The average molecular weight is 303 g/mol. The Kier molecular flexibility index (Phi) is 5.35. The van der Waals surface area contributed by atoms with Crippen molar-refractivity contribution in [3.63, 3.8) is 0 Å². The molecule has 1 fully saturated rings. The quantitative estimate of drug-likeness (QED) is 0.618. The summed E-state index contributed by atoms with van der Waals surface area (Å²) in [6.07, 6.45) is 4.05. The summed E-state index contributed by atoms with van der Waals surface area (Å²) in [6.45, 7) is 1.96. The van der Waals surface area contributed by atoms with Gasteiger partial charge < -0.3 is 4.74 Å². The molecule has 0 spiro atoms. The molecule has 1 aliphatic rings. The molecule has 0 bridgehead atoms. The molecule has 1 aliphatic carbocycles. The molecule has 0 N–H and O–H groups in total. The molecule has 0 atom stereocenters. The summed E-state index contributed by atoms with van der Waals surface area (Å²) in [5, 5.41) is 0. The van der Waals surface area contributed by atoms with Gasteiger partial charge in [-0.2, -0.15) is 0 Å². The fourth-order valence-corrected chi connectivity index (χ4v) is 3.17. The summed E-state index contributed by atoms with van der Waals surface area (Å²) < 4.78 is 5.41. The molecule has 4 nitrogen and oxygen atoms in total. The molecule has 4 heteroatoms. The third kappa shape index (κ3) is 3.55. The van der Waals surface area contributed by atoms with Crippen LogP contribution in [-0.2, 0) is 15.1 Å². The Balaban J connectivity index is 2.25. The van der Waals surface area contributed by atoms with Gasteiger partial charge in [-0.1, -0.05) is 19.1 Å². The summed E-state index contributed by atoms with van der Waals surface area (Å²) in [6, 6.07) is 7.75. The Hall–Kier alpha value is -1.68. The maximum atomic E-state index is 11.7. The second kappa shape index (κ2) is 7.05. The van der Waals surface area contributed by atoms with E-state index < -0.39 is 0 Å². The zero-order valence-corrected chi connectivity index (χ0v) is 13.7. The predicted molar refractivity (Wildman–Crippen MR) is 85.8 cm³/mol. The summed E-state index contributed by atoms with van der Waals surface area (Å²) in [4.78, 5) is 25.5. The van der Waals surface area contributed by atoms with E-state index in [2.05, 4.69) is 11.0 Å². The van der Waals surface area contributed by atoms with Crippen LogP contribution < -0.4 is 4.74 Å². The maximum Gasteiger partial charge on any atom is 0.311 e. The summed E-state index contributed by atoms with van der Waals surface area (Å²) in [5.41, 5.74) is 0.966. The Labute approximate surface area is 132 Å². The molecule has 0 saturated heterocycles. The third-order valence-corrected chi connectivity index (χ3v) is 4.55. The van der Waals surface area contributed by atoms with E-state index in [1.807, 2.05) is 39.2 Å². The number of Topliss-reactive ketones (excluding diaryl/α,β-unsaturated/α-hetero) is 1. The summed E-state index contributed by atoms with van der Waals surface area (Å²) in [5.74, 6) is 0.731. The largest absolute Gasteiger partial charge is 0.427 e. The first-order valence-electron chi connectivity index (χ1n) is 7.98. The first kappa shape index (κ1) is 16.7. The van der Waals surface area contributed by atoms with Crippen molar-refractivity contribution in [2.24, 2.45) is 0 Å². The van der Waals surface area contributed by atoms with Crippen molar-refractivity contribution in [2.75, 3.05) is 14.1 Å². The van der Waals surface area contributed by atoms with Crippen LogP contribution in [0, 0.1) is 0 Å². The van der Waals surface area contributed by atoms with E-state index in [1.165, 1.54) is 0 Å². The van der Waals surface area contributed by atoms with Gasteiger partial charge in [0.05, 0.1) is 0 Å². The molecule has 0 radical (unpaired) electrons. The number of nitrogens with zero attached hydrogens (tertiary/aromatic N) is 1. The van der Waals surface area contributed by atoms with Crippen LogP contribution in [0.5, 0.6) is 5.75 Å². The van der Waals surface area contributed by atoms with Gasteiger partial charge in [-0.3, -0.25) is 14.5 Å². The molecule has 2 rings (SSSR count). The Morgan fingerprint density at radius 1 is 1.27 bits per heavy atom. The number of esters is 1. The molecule has 0 unspecified atom stereocenters. The highest BCUT2D eigenvalue weighted by Crippen LogP contribution is 2.40. The lowest BCUT2D eigenvalue weighted by Crippen LogP contribution is -2.44. The third-order valence-electron chi connectivity index (χ3n) is 4.55. The van der Waals surface area contributed by atoms with E-state index in [0.29, 0.717) is 30.8 Å². The minimum atomic E-state index is -0.197. The predicted octanol–water partition coefficient (Wildman–Crippen LogP) is 3.29. The van der Waals surface area contributed by atoms with Crippen molar-refractivity contribution in [3.8, 4) is 5.75 Å². The number of ketones is 1. The Bertz CT molecular complexity index is 541. The van der Waals surface area contributed by atoms with Gasteiger partial charge in [0, 0.05) is 24.8 Å². The van der Waals surface area contributed by atoms with Gasteiger partial charge in [-0.15, -0.1) is 0 Å². The molecular weight excluding hydrogens is 278 g/mol. The highest BCUT2D eigenvalue weighted by molar-refractivity contribution is 5.79. The van der Waals surface area contributed by atoms with Gasteiger partial charge in [-0.05, 0) is 51.1 Å². The lowest BCUT2D eigenvalue weighted by atomic mass is 9.75. The molecule has 0 amide bonds. The number of carbonyl (C=O) groups is 2. The molecule has 0 aliphatic heterocycles. The smallest absolute Gasteiger partial charge is 0.311 e. The number of benzene rings is 1. The van der Waals surface area contributed by atoms with Gasteiger partial charge in [0.2, 0.25) is 0 Å². The monoisotopic (exact) mass is 303 g/mol. The van der Waals surface area contributed by atoms with Gasteiger partial charge >= 0.3 is 5.97 Å². The molecular formula is C18H25NO3. The number of rotatable bonds is 5. The fourth-order valence-electron chi connectivity index (χ4n) is 3.17. The molecule has 22 heavy (non-hydrogen) atoms. The van der Waals surface area contributed by atoms with Crippen LogP contribution in [0.15, 0.2) is 24.3 Å². The highest BCUT2D eigenvalue weighted by Gasteiger charge is 2.38. The van der Waals surface area contributed by atoms with E-state index in [0.717, 1.165) is 24.8 Å². The van der Waals surface area contributed by atoms with Gasteiger partial charge in [0.1, 0.15) is 11.5 Å². The van der Waals surface area contributed by atoms with Crippen LogP contribution in [0.25, 0.3) is 0 Å². The van der Waals surface area contributed by atoms with E-state index in [-0.39, 0.29) is 11.5 Å². The number of carbonyl (C=O) groups excluding carboxylic acids is 2. The number of ether oxygens (including phenoxy) is 1. The van der Waals surface area contributed by atoms with Crippen molar-refractivity contribution in [2.45, 2.75) is 51.0 Å². The molecule has 1 aromatic rings. The van der Waals surface area contributed by atoms with Gasteiger partial charge in [0.15, 0.2) is 0 Å². The van der Waals surface area contributed by atoms with E-state index in [1.54, 1.807) is 0 Å². The topological polar surface area (TPSA) is 46.6 Å². The normalized spacial score (nSPS) is 17.5. The Morgan fingerprint density at radius 3 is 2.55 bits per heavy atom. The van der Waals surface area contributed by atoms with Crippen molar-refractivity contribution in [3.05, 3.63) is 29.8 Å². The van der Waals surface area contributed by atoms with Gasteiger partial charge in [-0.25, -0.2) is 0 Å². The van der Waals surface area contributed by atoms with Crippen LogP contribution in [0.3, 0.4) is 0 Å². The highest BCUT2D eigenvalue weighted by atomic mass is 16.5. The van der Waals surface area contributed by atoms with Crippen molar-refractivity contribution < 1.29 is 14.3 Å². The average Bonchev–Trinajstić information content (AvgIpc) is 2.48. The minimum Gasteiger partial charge on any atom is -0.427 e. The van der Waals surface area contributed by atoms with Crippen LogP contribution in [0.1, 0.15) is 51.0 Å². The van der Waals surface area contributed by atoms with E-state index >= 15 is 0 Å². The van der Waals surface area contributed by atoms with Crippen LogP contribution in [-0.4, -0.2) is 30.7 Å². The minimum absolute atomic E-state index is 0.152. The molecule has 120 valence electrons. The summed E-state index contributed by atoms with van der Waals surface area (Å²) >= 11 is 0. The number of hydrogen-bond donors (Lipinski definition) is 0. The second-order valence-corrected chi connectivity index (χ2v) is 6.22. The molecule has 0 heterocycles.